The highest BCUT2D eigenvalue weighted by Crippen LogP contribution is 2.21. The Morgan fingerprint density at radius 3 is 2.67 bits per heavy atom. The predicted molar refractivity (Wildman–Crippen MR) is 90.0 cm³/mol. The van der Waals surface area contributed by atoms with Crippen LogP contribution in [0.5, 0.6) is 0 Å². The third kappa shape index (κ3) is 4.02. The smallest absolute Gasteiger partial charge is 0.254 e. The van der Waals surface area contributed by atoms with Crippen LogP contribution in [-0.2, 0) is 4.79 Å². The van der Waals surface area contributed by atoms with Crippen LogP contribution in [0.3, 0.4) is 0 Å². The molecule has 0 N–H and O–H groups in total. The molecule has 1 atom stereocenters. The van der Waals surface area contributed by atoms with E-state index in [2.05, 4.69) is 12.2 Å². The quantitative estimate of drug-likeness (QED) is 0.800. The van der Waals surface area contributed by atoms with Crippen molar-refractivity contribution in [3.8, 4) is 0 Å². The number of benzene rings is 1. The van der Waals surface area contributed by atoms with Gasteiger partial charge in [-0.3, -0.25) is 9.59 Å². The second-order valence-corrected chi connectivity index (χ2v) is 6.51. The molecule has 0 saturated carbocycles. The first-order chi connectivity index (χ1) is 11.6. The maximum Gasteiger partial charge on any atom is 0.254 e. The zero-order chi connectivity index (χ0) is 16.9. The lowest BCUT2D eigenvalue weighted by atomic mass is 10.0. The Bertz CT molecular complexity index is 644. The Hall–Kier alpha value is -2.17. The topological polar surface area (TPSA) is 40.6 Å². The first kappa shape index (κ1) is 16.7. The molecular weight excluding hydrogens is 307 g/mol. The fourth-order valence-corrected chi connectivity index (χ4v) is 3.39. The molecule has 1 fully saturated rings. The Kier molecular flexibility index (Phi) is 5.28. The zero-order valence-electron chi connectivity index (χ0n) is 13.8. The summed E-state index contributed by atoms with van der Waals surface area (Å²) in [5.74, 6) is -0.0305. The third-order valence-electron chi connectivity index (χ3n) is 4.76. The van der Waals surface area contributed by atoms with E-state index in [9.17, 15) is 14.0 Å². The first-order valence-corrected chi connectivity index (χ1v) is 8.63. The minimum Gasteiger partial charge on any atom is -0.341 e. The molecule has 24 heavy (non-hydrogen) atoms. The van der Waals surface area contributed by atoms with Crippen LogP contribution in [0.2, 0.25) is 0 Å². The molecule has 1 aromatic carbocycles. The van der Waals surface area contributed by atoms with Gasteiger partial charge in [-0.05, 0) is 43.4 Å². The summed E-state index contributed by atoms with van der Waals surface area (Å²) in [4.78, 5) is 28.5. The van der Waals surface area contributed by atoms with Crippen molar-refractivity contribution in [1.29, 1.82) is 0 Å². The van der Waals surface area contributed by atoms with Crippen LogP contribution in [-0.4, -0.2) is 47.8 Å². The summed E-state index contributed by atoms with van der Waals surface area (Å²) >= 11 is 0. The van der Waals surface area contributed by atoms with Crippen LogP contribution in [0.15, 0.2) is 36.4 Å². The first-order valence-electron chi connectivity index (χ1n) is 8.63. The van der Waals surface area contributed by atoms with Crippen molar-refractivity contribution in [3.63, 3.8) is 0 Å². The van der Waals surface area contributed by atoms with Crippen molar-refractivity contribution in [1.82, 2.24) is 9.80 Å². The maximum absolute atomic E-state index is 13.3. The zero-order valence-corrected chi connectivity index (χ0v) is 13.8. The molecule has 1 unspecified atom stereocenters. The minimum atomic E-state index is -0.405. The van der Waals surface area contributed by atoms with E-state index >= 15 is 0 Å². The summed E-state index contributed by atoms with van der Waals surface area (Å²) in [5.41, 5.74) is 0.367. The monoisotopic (exact) mass is 330 g/mol. The summed E-state index contributed by atoms with van der Waals surface area (Å²) in [7, 11) is 0. The fraction of sp³-hybridized carbons (Fsp3) is 0.474. The molecule has 128 valence electrons. The van der Waals surface area contributed by atoms with Gasteiger partial charge in [0.1, 0.15) is 5.82 Å². The normalized spacial score (nSPS) is 21.0. The molecule has 1 aliphatic carbocycles. The standard InChI is InChI=1S/C19H23FN2O2/c20-17-8-3-7-16(14-17)19(24)22-10-4-9-21(11-12-22)18(23)13-15-5-1-2-6-15/h1,3,5,7-8,14-15H,2,4,6,9-13H2. The number of rotatable bonds is 3. The SMILES string of the molecule is O=C(CC1C=CCC1)N1CCCN(C(=O)c2cccc(F)c2)CC1. The molecule has 0 aromatic heterocycles. The highest BCUT2D eigenvalue weighted by atomic mass is 19.1. The van der Waals surface area contributed by atoms with E-state index in [0.29, 0.717) is 44.1 Å². The summed E-state index contributed by atoms with van der Waals surface area (Å²) < 4.78 is 13.3. The number of nitrogens with zero attached hydrogens (tertiary/aromatic N) is 2. The van der Waals surface area contributed by atoms with E-state index in [1.807, 2.05) is 4.90 Å². The molecule has 1 saturated heterocycles. The van der Waals surface area contributed by atoms with Crippen LogP contribution in [0.25, 0.3) is 0 Å². The molecule has 5 heteroatoms. The van der Waals surface area contributed by atoms with Crippen molar-refractivity contribution < 1.29 is 14.0 Å². The van der Waals surface area contributed by atoms with Gasteiger partial charge in [-0.15, -0.1) is 0 Å². The Morgan fingerprint density at radius 2 is 1.92 bits per heavy atom. The number of carbonyl (C=O) groups excluding carboxylic acids is 2. The number of amides is 2. The van der Waals surface area contributed by atoms with E-state index < -0.39 is 5.82 Å². The average Bonchev–Trinajstić information content (AvgIpc) is 2.95. The van der Waals surface area contributed by atoms with Crippen LogP contribution < -0.4 is 0 Å². The van der Waals surface area contributed by atoms with E-state index in [1.54, 1.807) is 17.0 Å². The molecule has 0 spiro atoms. The van der Waals surface area contributed by atoms with Gasteiger partial charge >= 0.3 is 0 Å². The highest BCUT2D eigenvalue weighted by Gasteiger charge is 2.24. The van der Waals surface area contributed by atoms with Crippen molar-refractivity contribution in [2.24, 2.45) is 5.92 Å². The van der Waals surface area contributed by atoms with Gasteiger partial charge in [0.05, 0.1) is 0 Å². The second-order valence-electron chi connectivity index (χ2n) is 6.51. The molecule has 3 rings (SSSR count). The van der Waals surface area contributed by atoms with Crippen molar-refractivity contribution in [2.75, 3.05) is 26.2 Å². The van der Waals surface area contributed by atoms with Crippen molar-refractivity contribution in [2.45, 2.75) is 25.7 Å². The van der Waals surface area contributed by atoms with Crippen LogP contribution >= 0.6 is 0 Å². The Labute approximate surface area is 141 Å². The summed E-state index contributed by atoms with van der Waals surface area (Å²) in [6.07, 6.45) is 7.72. The van der Waals surface area contributed by atoms with E-state index in [4.69, 9.17) is 0 Å². The van der Waals surface area contributed by atoms with E-state index in [0.717, 1.165) is 19.3 Å². The van der Waals surface area contributed by atoms with Gasteiger partial charge in [0.25, 0.3) is 5.91 Å². The predicted octanol–water partition coefficient (Wildman–Crippen LogP) is 2.86. The molecule has 1 aromatic rings. The van der Waals surface area contributed by atoms with Crippen molar-refractivity contribution >= 4 is 11.8 Å². The fourth-order valence-electron chi connectivity index (χ4n) is 3.39. The molecule has 2 amide bonds. The number of hydrogen-bond acceptors (Lipinski definition) is 2. The largest absolute Gasteiger partial charge is 0.341 e. The van der Waals surface area contributed by atoms with Gasteiger partial charge in [-0.1, -0.05) is 18.2 Å². The number of halogens is 1. The lowest BCUT2D eigenvalue weighted by Gasteiger charge is -2.23. The van der Waals surface area contributed by atoms with E-state index in [1.165, 1.54) is 12.1 Å². The summed E-state index contributed by atoms with van der Waals surface area (Å²) in [6, 6.07) is 5.77. The molecule has 0 bridgehead atoms. The molecule has 2 aliphatic rings. The van der Waals surface area contributed by atoms with Crippen LogP contribution in [0, 0.1) is 11.7 Å². The second kappa shape index (κ2) is 7.60. The van der Waals surface area contributed by atoms with Crippen LogP contribution in [0.1, 0.15) is 36.0 Å². The summed E-state index contributed by atoms with van der Waals surface area (Å²) in [5, 5.41) is 0. The van der Waals surface area contributed by atoms with Crippen molar-refractivity contribution in [3.05, 3.63) is 47.8 Å². The lowest BCUT2D eigenvalue weighted by Crippen LogP contribution is -2.37. The number of carbonyl (C=O) groups is 2. The highest BCUT2D eigenvalue weighted by molar-refractivity contribution is 5.94. The maximum atomic E-state index is 13.3. The van der Waals surface area contributed by atoms with Gasteiger partial charge in [-0.2, -0.15) is 0 Å². The van der Waals surface area contributed by atoms with Gasteiger partial charge in [0.15, 0.2) is 0 Å². The molecule has 1 aliphatic heterocycles. The van der Waals surface area contributed by atoms with E-state index in [-0.39, 0.29) is 11.8 Å². The average molecular weight is 330 g/mol. The Morgan fingerprint density at radius 1 is 1.12 bits per heavy atom. The lowest BCUT2D eigenvalue weighted by molar-refractivity contribution is -0.131. The van der Waals surface area contributed by atoms with Gasteiger partial charge < -0.3 is 9.80 Å². The number of allylic oxidation sites excluding steroid dienone is 2. The number of hydrogen-bond donors (Lipinski definition) is 0. The van der Waals surface area contributed by atoms with Crippen LogP contribution in [0.4, 0.5) is 4.39 Å². The minimum absolute atomic E-state index is 0.164. The molecular formula is C19H23FN2O2. The molecule has 0 radical (unpaired) electrons. The Balaban J connectivity index is 1.57. The summed E-state index contributed by atoms with van der Waals surface area (Å²) in [6.45, 7) is 2.34. The van der Waals surface area contributed by atoms with Gasteiger partial charge in [0, 0.05) is 38.2 Å². The third-order valence-corrected chi connectivity index (χ3v) is 4.76. The molecule has 4 nitrogen and oxygen atoms in total. The van der Waals surface area contributed by atoms with Gasteiger partial charge in [-0.25, -0.2) is 4.39 Å². The molecule has 1 heterocycles. The van der Waals surface area contributed by atoms with Gasteiger partial charge in [0.2, 0.25) is 5.91 Å².